The van der Waals surface area contributed by atoms with Gasteiger partial charge in [0.25, 0.3) is 5.91 Å². The summed E-state index contributed by atoms with van der Waals surface area (Å²) < 4.78 is 5.19. The highest BCUT2D eigenvalue weighted by Crippen LogP contribution is 2.18. The Morgan fingerprint density at radius 3 is 2.54 bits per heavy atom. The number of pyridine rings is 1. The van der Waals surface area contributed by atoms with Crippen LogP contribution in [0.15, 0.2) is 65.4 Å². The normalized spacial score (nSPS) is 10.2. The summed E-state index contributed by atoms with van der Waals surface area (Å²) in [4.78, 5) is 27.5. The number of carbonyl (C=O) groups is 2. The Labute approximate surface area is 150 Å². The molecule has 0 saturated carbocycles. The summed E-state index contributed by atoms with van der Waals surface area (Å²) in [6, 6.07) is 14.1. The lowest BCUT2D eigenvalue weighted by Gasteiger charge is -2.09. The van der Waals surface area contributed by atoms with Crippen LogP contribution >= 0.6 is 0 Å². The van der Waals surface area contributed by atoms with Gasteiger partial charge in [0.2, 0.25) is 5.91 Å². The van der Waals surface area contributed by atoms with E-state index in [0.29, 0.717) is 29.4 Å². The van der Waals surface area contributed by atoms with E-state index in [1.165, 1.54) is 6.92 Å². The van der Waals surface area contributed by atoms with Crippen molar-refractivity contribution in [1.82, 2.24) is 10.3 Å². The zero-order valence-electron chi connectivity index (χ0n) is 14.2. The Bertz CT molecular complexity index is 889. The number of amides is 2. The average molecular weight is 350 g/mol. The molecular formula is C19H18N4O3. The highest BCUT2D eigenvalue weighted by molar-refractivity contribution is 5.94. The van der Waals surface area contributed by atoms with E-state index in [9.17, 15) is 9.59 Å². The minimum atomic E-state index is -0.215. The molecule has 0 saturated heterocycles. The van der Waals surface area contributed by atoms with E-state index in [1.807, 2.05) is 12.1 Å². The summed E-state index contributed by atoms with van der Waals surface area (Å²) in [6.07, 6.45) is 3.13. The third-order valence-corrected chi connectivity index (χ3v) is 3.50. The summed E-state index contributed by atoms with van der Waals surface area (Å²) in [7, 11) is 0. The van der Waals surface area contributed by atoms with Crippen LogP contribution in [0, 0.1) is 0 Å². The van der Waals surface area contributed by atoms with Gasteiger partial charge in [-0.3, -0.25) is 9.59 Å². The van der Waals surface area contributed by atoms with Gasteiger partial charge < -0.3 is 20.4 Å². The number of nitrogens with one attached hydrogen (secondary N) is 3. The van der Waals surface area contributed by atoms with Crippen molar-refractivity contribution in [3.05, 3.63) is 72.3 Å². The van der Waals surface area contributed by atoms with Crippen LogP contribution in [0.25, 0.3) is 0 Å². The van der Waals surface area contributed by atoms with Gasteiger partial charge in [-0.2, -0.15) is 0 Å². The Kier molecular flexibility index (Phi) is 5.28. The van der Waals surface area contributed by atoms with Gasteiger partial charge in [0.1, 0.15) is 11.6 Å². The first-order valence-electron chi connectivity index (χ1n) is 8.01. The van der Waals surface area contributed by atoms with Gasteiger partial charge in [0, 0.05) is 30.1 Å². The molecule has 0 aliphatic carbocycles. The Morgan fingerprint density at radius 2 is 1.85 bits per heavy atom. The number of anilines is 3. The molecule has 0 spiro atoms. The number of aromatic nitrogens is 1. The molecule has 0 radical (unpaired) electrons. The molecule has 7 nitrogen and oxygen atoms in total. The maximum absolute atomic E-state index is 12.2. The molecule has 0 bridgehead atoms. The average Bonchev–Trinajstić information content (AvgIpc) is 3.15. The molecule has 3 aromatic rings. The topological polar surface area (TPSA) is 96.3 Å². The zero-order chi connectivity index (χ0) is 18.4. The highest BCUT2D eigenvalue weighted by atomic mass is 16.3. The van der Waals surface area contributed by atoms with Gasteiger partial charge in [0.05, 0.1) is 12.8 Å². The Morgan fingerprint density at radius 1 is 1.08 bits per heavy atom. The van der Waals surface area contributed by atoms with Crippen molar-refractivity contribution in [2.24, 2.45) is 0 Å². The summed E-state index contributed by atoms with van der Waals surface area (Å²) in [6.45, 7) is 1.78. The standard InChI is InChI=1S/C19H18N4O3/c1-13(24)22-15-4-6-16(7-5-15)23-18-11-14(8-9-20-18)19(25)21-12-17-3-2-10-26-17/h2-11H,12H2,1H3,(H,20,23)(H,21,25)(H,22,24). The van der Waals surface area contributed by atoms with Crippen LogP contribution in [0.4, 0.5) is 17.2 Å². The van der Waals surface area contributed by atoms with E-state index < -0.39 is 0 Å². The van der Waals surface area contributed by atoms with E-state index in [2.05, 4.69) is 20.9 Å². The van der Waals surface area contributed by atoms with Crippen LogP contribution < -0.4 is 16.0 Å². The fourth-order valence-corrected chi connectivity index (χ4v) is 2.31. The van der Waals surface area contributed by atoms with E-state index in [1.54, 1.807) is 48.9 Å². The summed E-state index contributed by atoms with van der Waals surface area (Å²) >= 11 is 0. The van der Waals surface area contributed by atoms with Crippen LogP contribution in [-0.4, -0.2) is 16.8 Å². The predicted octanol–water partition coefficient (Wildman–Crippen LogP) is 3.31. The number of nitrogens with zero attached hydrogens (tertiary/aromatic N) is 1. The largest absolute Gasteiger partial charge is 0.467 e. The molecule has 0 unspecified atom stereocenters. The summed E-state index contributed by atoms with van der Waals surface area (Å²) in [5.41, 5.74) is 1.99. The van der Waals surface area contributed by atoms with Crippen molar-refractivity contribution >= 4 is 29.0 Å². The zero-order valence-corrected chi connectivity index (χ0v) is 14.2. The smallest absolute Gasteiger partial charge is 0.251 e. The second kappa shape index (κ2) is 7.98. The molecular weight excluding hydrogens is 332 g/mol. The van der Waals surface area contributed by atoms with Crippen molar-refractivity contribution in [3.63, 3.8) is 0 Å². The predicted molar refractivity (Wildman–Crippen MR) is 98.1 cm³/mol. The van der Waals surface area contributed by atoms with Crippen LogP contribution in [0.3, 0.4) is 0 Å². The van der Waals surface area contributed by atoms with E-state index >= 15 is 0 Å². The van der Waals surface area contributed by atoms with Gasteiger partial charge in [-0.05, 0) is 48.5 Å². The summed E-state index contributed by atoms with van der Waals surface area (Å²) in [5.74, 6) is 0.890. The fourth-order valence-electron chi connectivity index (χ4n) is 2.31. The van der Waals surface area contributed by atoms with E-state index in [-0.39, 0.29) is 11.8 Å². The fraction of sp³-hybridized carbons (Fsp3) is 0.105. The van der Waals surface area contributed by atoms with Gasteiger partial charge in [-0.1, -0.05) is 0 Å². The summed E-state index contributed by atoms with van der Waals surface area (Å²) in [5, 5.41) is 8.62. The minimum Gasteiger partial charge on any atom is -0.467 e. The minimum absolute atomic E-state index is 0.124. The lowest BCUT2D eigenvalue weighted by Crippen LogP contribution is -2.22. The second-order valence-corrected chi connectivity index (χ2v) is 5.58. The molecule has 7 heteroatoms. The first-order chi connectivity index (χ1) is 12.6. The molecule has 2 amide bonds. The lowest BCUT2D eigenvalue weighted by atomic mass is 10.2. The first-order valence-corrected chi connectivity index (χ1v) is 8.01. The van der Waals surface area contributed by atoms with E-state index in [4.69, 9.17) is 4.42 Å². The molecule has 2 aromatic heterocycles. The number of benzene rings is 1. The first kappa shape index (κ1) is 17.2. The van der Waals surface area contributed by atoms with Crippen molar-refractivity contribution < 1.29 is 14.0 Å². The molecule has 0 fully saturated rings. The van der Waals surface area contributed by atoms with Crippen molar-refractivity contribution in [3.8, 4) is 0 Å². The molecule has 3 rings (SSSR count). The SMILES string of the molecule is CC(=O)Nc1ccc(Nc2cc(C(=O)NCc3ccco3)ccn2)cc1. The van der Waals surface area contributed by atoms with Crippen LogP contribution in [0.2, 0.25) is 0 Å². The number of hydrogen-bond donors (Lipinski definition) is 3. The van der Waals surface area contributed by atoms with Gasteiger partial charge >= 0.3 is 0 Å². The van der Waals surface area contributed by atoms with Crippen molar-refractivity contribution in [2.75, 3.05) is 10.6 Å². The van der Waals surface area contributed by atoms with Gasteiger partial charge in [-0.25, -0.2) is 4.98 Å². The molecule has 0 atom stereocenters. The third-order valence-electron chi connectivity index (χ3n) is 3.50. The molecule has 2 heterocycles. The van der Waals surface area contributed by atoms with E-state index in [0.717, 1.165) is 5.69 Å². The Hall–Kier alpha value is -3.61. The number of furan rings is 1. The maximum atomic E-state index is 12.2. The quantitative estimate of drug-likeness (QED) is 0.634. The molecule has 26 heavy (non-hydrogen) atoms. The molecule has 0 aliphatic rings. The second-order valence-electron chi connectivity index (χ2n) is 5.58. The van der Waals surface area contributed by atoms with Gasteiger partial charge in [0.15, 0.2) is 0 Å². The van der Waals surface area contributed by atoms with Crippen molar-refractivity contribution in [2.45, 2.75) is 13.5 Å². The number of rotatable bonds is 6. The maximum Gasteiger partial charge on any atom is 0.251 e. The Balaban J connectivity index is 1.63. The van der Waals surface area contributed by atoms with Crippen LogP contribution in [-0.2, 0) is 11.3 Å². The lowest BCUT2D eigenvalue weighted by molar-refractivity contribution is -0.114. The monoisotopic (exact) mass is 350 g/mol. The number of hydrogen-bond acceptors (Lipinski definition) is 5. The molecule has 1 aromatic carbocycles. The molecule has 0 aliphatic heterocycles. The van der Waals surface area contributed by atoms with Crippen LogP contribution in [0.5, 0.6) is 0 Å². The van der Waals surface area contributed by atoms with Gasteiger partial charge in [-0.15, -0.1) is 0 Å². The van der Waals surface area contributed by atoms with Crippen LogP contribution in [0.1, 0.15) is 23.0 Å². The molecule has 132 valence electrons. The molecule has 3 N–H and O–H groups in total. The highest BCUT2D eigenvalue weighted by Gasteiger charge is 2.08. The third kappa shape index (κ3) is 4.70. The number of carbonyl (C=O) groups excluding carboxylic acids is 2. The van der Waals surface area contributed by atoms with Crippen molar-refractivity contribution in [1.29, 1.82) is 0 Å².